The van der Waals surface area contributed by atoms with Gasteiger partial charge in [0.1, 0.15) is 0 Å². The second-order valence-corrected chi connectivity index (χ2v) is 7.60. The molecule has 0 N–H and O–H groups in total. The normalized spacial score (nSPS) is 23.3. The SMILES string of the molecule is CN(C)c1ncc(CN2CCCC[C@@H]2CCN2CCCCC2)cn1. The van der Waals surface area contributed by atoms with Crippen LogP contribution in [0.5, 0.6) is 0 Å². The van der Waals surface area contributed by atoms with Crippen molar-refractivity contribution in [3.63, 3.8) is 0 Å². The maximum absolute atomic E-state index is 4.47. The summed E-state index contributed by atoms with van der Waals surface area (Å²) in [6.45, 7) is 6.12. The predicted octanol–water partition coefficient (Wildman–Crippen LogP) is 2.77. The van der Waals surface area contributed by atoms with Crippen LogP contribution in [0.1, 0.15) is 50.5 Å². The Hall–Kier alpha value is -1.20. The van der Waals surface area contributed by atoms with Crippen LogP contribution in [0.4, 0.5) is 5.95 Å². The second-order valence-electron chi connectivity index (χ2n) is 7.60. The first-order valence-electron chi connectivity index (χ1n) is 9.67. The Labute approximate surface area is 147 Å². The topological polar surface area (TPSA) is 35.5 Å². The van der Waals surface area contributed by atoms with Crippen LogP contribution in [0.3, 0.4) is 0 Å². The van der Waals surface area contributed by atoms with Crippen LogP contribution in [-0.2, 0) is 6.54 Å². The number of anilines is 1. The van der Waals surface area contributed by atoms with E-state index in [0.717, 1.165) is 18.5 Å². The van der Waals surface area contributed by atoms with Gasteiger partial charge < -0.3 is 9.80 Å². The van der Waals surface area contributed by atoms with Crippen LogP contribution in [0, 0.1) is 0 Å². The van der Waals surface area contributed by atoms with Gasteiger partial charge in [-0.25, -0.2) is 9.97 Å². The van der Waals surface area contributed by atoms with E-state index in [0.29, 0.717) is 0 Å². The maximum Gasteiger partial charge on any atom is 0.224 e. The highest BCUT2D eigenvalue weighted by Crippen LogP contribution is 2.23. The Kier molecular flexibility index (Phi) is 6.44. The zero-order valence-electron chi connectivity index (χ0n) is 15.5. The predicted molar refractivity (Wildman–Crippen MR) is 99.3 cm³/mol. The van der Waals surface area contributed by atoms with Gasteiger partial charge >= 0.3 is 0 Å². The van der Waals surface area contributed by atoms with E-state index in [4.69, 9.17) is 0 Å². The lowest BCUT2D eigenvalue weighted by Crippen LogP contribution is -2.42. The van der Waals surface area contributed by atoms with Crippen LogP contribution in [0.25, 0.3) is 0 Å². The third-order valence-corrected chi connectivity index (χ3v) is 5.45. The van der Waals surface area contributed by atoms with E-state index in [-0.39, 0.29) is 0 Å². The maximum atomic E-state index is 4.47. The van der Waals surface area contributed by atoms with E-state index in [1.807, 2.05) is 31.4 Å². The smallest absolute Gasteiger partial charge is 0.224 e. The van der Waals surface area contributed by atoms with Crippen LogP contribution in [-0.4, -0.2) is 66.1 Å². The first kappa shape index (κ1) is 17.6. The Morgan fingerprint density at radius 3 is 2.42 bits per heavy atom. The molecule has 5 heteroatoms. The molecular formula is C19H33N5. The molecule has 1 aromatic rings. The van der Waals surface area contributed by atoms with Gasteiger partial charge in [-0.1, -0.05) is 12.8 Å². The molecule has 0 saturated carbocycles. The van der Waals surface area contributed by atoms with Gasteiger partial charge in [-0.2, -0.15) is 0 Å². The highest BCUT2D eigenvalue weighted by atomic mass is 15.2. The minimum absolute atomic E-state index is 0.731. The molecule has 0 bridgehead atoms. The monoisotopic (exact) mass is 331 g/mol. The summed E-state index contributed by atoms with van der Waals surface area (Å²) in [4.78, 5) is 16.2. The summed E-state index contributed by atoms with van der Waals surface area (Å²) in [5.41, 5.74) is 1.24. The van der Waals surface area contributed by atoms with E-state index >= 15 is 0 Å². The van der Waals surface area contributed by atoms with E-state index < -0.39 is 0 Å². The quantitative estimate of drug-likeness (QED) is 0.801. The van der Waals surface area contributed by atoms with Gasteiger partial charge in [0.2, 0.25) is 5.95 Å². The van der Waals surface area contributed by atoms with Crippen molar-refractivity contribution in [1.82, 2.24) is 19.8 Å². The molecule has 0 amide bonds. The fourth-order valence-corrected chi connectivity index (χ4v) is 4.00. The van der Waals surface area contributed by atoms with Crippen molar-refractivity contribution < 1.29 is 0 Å². The lowest BCUT2D eigenvalue weighted by molar-refractivity contribution is 0.113. The number of hydrogen-bond donors (Lipinski definition) is 0. The molecule has 3 rings (SSSR count). The van der Waals surface area contributed by atoms with E-state index in [2.05, 4.69) is 19.8 Å². The first-order chi connectivity index (χ1) is 11.7. The molecular weight excluding hydrogens is 298 g/mol. The van der Waals surface area contributed by atoms with Gasteiger partial charge in [0, 0.05) is 44.6 Å². The fourth-order valence-electron chi connectivity index (χ4n) is 4.00. The minimum atomic E-state index is 0.731. The molecule has 2 saturated heterocycles. The molecule has 24 heavy (non-hydrogen) atoms. The van der Waals surface area contributed by atoms with E-state index in [9.17, 15) is 0 Å². The van der Waals surface area contributed by atoms with Gasteiger partial charge in [-0.15, -0.1) is 0 Å². The zero-order chi connectivity index (χ0) is 16.8. The van der Waals surface area contributed by atoms with Crippen LogP contribution < -0.4 is 4.90 Å². The molecule has 3 heterocycles. The highest BCUT2D eigenvalue weighted by Gasteiger charge is 2.23. The summed E-state index contributed by atoms with van der Waals surface area (Å²) >= 11 is 0. The zero-order valence-corrected chi connectivity index (χ0v) is 15.5. The lowest BCUT2D eigenvalue weighted by Gasteiger charge is -2.37. The summed E-state index contributed by atoms with van der Waals surface area (Å²) < 4.78 is 0. The molecule has 0 radical (unpaired) electrons. The minimum Gasteiger partial charge on any atom is -0.347 e. The number of hydrogen-bond acceptors (Lipinski definition) is 5. The second kappa shape index (κ2) is 8.77. The van der Waals surface area contributed by atoms with Gasteiger partial charge in [0.15, 0.2) is 0 Å². The Bertz CT molecular complexity index is 481. The van der Waals surface area contributed by atoms with Crippen molar-refractivity contribution >= 4 is 5.95 Å². The summed E-state index contributed by atoms with van der Waals surface area (Å²) in [7, 11) is 3.96. The molecule has 2 aliphatic rings. The molecule has 1 atom stereocenters. The molecule has 134 valence electrons. The summed E-state index contributed by atoms with van der Waals surface area (Å²) in [6.07, 6.45) is 13.6. The number of nitrogens with zero attached hydrogens (tertiary/aromatic N) is 5. The van der Waals surface area contributed by atoms with Crippen molar-refractivity contribution in [2.75, 3.05) is 45.2 Å². The molecule has 0 spiro atoms. The summed E-state index contributed by atoms with van der Waals surface area (Å²) in [5.74, 6) is 0.791. The van der Waals surface area contributed by atoms with Crippen LogP contribution in [0.2, 0.25) is 0 Å². The molecule has 2 fully saturated rings. The van der Waals surface area contributed by atoms with Crippen molar-refractivity contribution in [3.8, 4) is 0 Å². The number of piperidine rings is 2. The molecule has 2 aliphatic heterocycles. The molecule has 5 nitrogen and oxygen atoms in total. The molecule has 0 aliphatic carbocycles. The number of likely N-dealkylation sites (tertiary alicyclic amines) is 2. The van der Waals surface area contributed by atoms with Crippen LogP contribution in [0.15, 0.2) is 12.4 Å². The third-order valence-electron chi connectivity index (χ3n) is 5.45. The first-order valence-corrected chi connectivity index (χ1v) is 9.67. The van der Waals surface area contributed by atoms with Gasteiger partial charge in [-0.05, 0) is 58.3 Å². The van der Waals surface area contributed by atoms with Gasteiger partial charge in [0.25, 0.3) is 0 Å². The van der Waals surface area contributed by atoms with Crippen molar-refractivity contribution in [2.45, 2.75) is 57.5 Å². The fraction of sp³-hybridized carbons (Fsp3) is 0.789. The number of rotatable bonds is 6. The highest BCUT2D eigenvalue weighted by molar-refractivity contribution is 5.26. The van der Waals surface area contributed by atoms with E-state index in [1.54, 1.807) is 0 Å². The van der Waals surface area contributed by atoms with Gasteiger partial charge in [-0.3, -0.25) is 4.90 Å². The Morgan fingerprint density at radius 1 is 1.00 bits per heavy atom. The van der Waals surface area contributed by atoms with Gasteiger partial charge in [0.05, 0.1) is 0 Å². The standard InChI is InChI=1S/C19H33N5/c1-22(2)19-20-14-17(15-21-19)16-24-12-7-4-8-18(24)9-13-23-10-5-3-6-11-23/h14-15,18H,3-13,16H2,1-2H3/t18-/m1/s1. The largest absolute Gasteiger partial charge is 0.347 e. The number of aromatic nitrogens is 2. The molecule has 0 aromatic carbocycles. The van der Waals surface area contributed by atoms with Crippen molar-refractivity contribution in [1.29, 1.82) is 0 Å². The Balaban J connectivity index is 1.53. The summed E-state index contributed by atoms with van der Waals surface area (Å²) in [6, 6.07) is 0.731. The van der Waals surface area contributed by atoms with Crippen LogP contribution >= 0.6 is 0 Å². The molecule has 1 aromatic heterocycles. The van der Waals surface area contributed by atoms with E-state index in [1.165, 1.54) is 76.7 Å². The average molecular weight is 332 g/mol. The average Bonchev–Trinajstić information content (AvgIpc) is 2.62. The lowest BCUT2D eigenvalue weighted by atomic mass is 9.98. The molecule has 0 unspecified atom stereocenters. The van der Waals surface area contributed by atoms with Crippen molar-refractivity contribution in [2.24, 2.45) is 0 Å². The summed E-state index contributed by atoms with van der Waals surface area (Å²) in [5, 5.41) is 0. The third kappa shape index (κ3) is 4.90. The Morgan fingerprint density at radius 2 is 1.71 bits per heavy atom. The van der Waals surface area contributed by atoms with Crippen molar-refractivity contribution in [3.05, 3.63) is 18.0 Å².